The SMILES string of the molecule is C=C(Cl)CSc1nc2cc(Cl)ccc2c(=O)n1CC1CCCO1. The molecule has 122 valence electrons. The van der Waals surface area contributed by atoms with Crippen molar-refractivity contribution < 1.29 is 4.74 Å². The Morgan fingerprint density at radius 3 is 3.04 bits per heavy atom. The van der Waals surface area contributed by atoms with Crippen LogP contribution < -0.4 is 5.56 Å². The van der Waals surface area contributed by atoms with Crippen molar-refractivity contribution in [2.45, 2.75) is 30.6 Å². The molecule has 1 atom stereocenters. The van der Waals surface area contributed by atoms with Gasteiger partial charge in [-0.25, -0.2) is 4.98 Å². The number of benzene rings is 1. The molecule has 1 aliphatic heterocycles. The van der Waals surface area contributed by atoms with Gasteiger partial charge in [0.25, 0.3) is 5.56 Å². The molecule has 0 N–H and O–H groups in total. The molecule has 2 aromatic rings. The predicted molar refractivity (Wildman–Crippen MR) is 95.7 cm³/mol. The van der Waals surface area contributed by atoms with Gasteiger partial charge in [-0.1, -0.05) is 41.5 Å². The normalized spacial score (nSPS) is 17.7. The van der Waals surface area contributed by atoms with Gasteiger partial charge in [0.1, 0.15) is 0 Å². The fourth-order valence-electron chi connectivity index (χ4n) is 2.58. The predicted octanol–water partition coefficient (Wildman–Crippen LogP) is 4.07. The van der Waals surface area contributed by atoms with Gasteiger partial charge < -0.3 is 4.74 Å². The second-order valence-electron chi connectivity index (χ2n) is 5.41. The minimum atomic E-state index is -0.0788. The minimum absolute atomic E-state index is 0.0535. The van der Waals surface area contributed by atoms with E-state index in [1.165, 1.54) is 11.8 Å². The Balaban J connectivity index is 2.06. The standard InChI is InChI=1S/C16H16Cl2N2O2S/c1-10(17)9-23-16-19-14-7-11(18)4-5-13(14)15(21)20(16)8-12-3-2-6-22-12/h4-5,7,12H,1-3,6,8-9H2. The van der Waals surface area contributed by atoms with Gasteiger partial charge in [-0.2, -0.15) is 0 Å². The van der Waals surface area contributed by atoms with Gasteiger partial charge >= 0.3 is 0 Å². The number of nitrogens with zero attached hydrogens (tertiary/aromatic N) is 2. The summed E-state index contributed by atoms with van der Waals surface area (Å²) >= 11 is 13.3. The molecule has 0 radical (unpaired) electrons. The number of fused-ring (bicyclic) bond motifs is 1. The van der Waals surface area contributed by atoms with Crippen molar-refractivity contribution in [2.24, 2.45) is 0 Å². The molecule has 1 aromatic carbocycles. The Hall–Kier alpha value is -1.01. The maximum atomic E-state index is 12.8. The molecule has 0 aliphatic carbocycles. The average Bonchev–Trinajstić information content (AvgIpc) is 3.01. The number of ether oxygens (including phenoxy) is 1. The van der Waals surface area contributed by atoms with Crippen LogP contribution in [0.4, 0.5) is 0 Å². The first-order chi connectivity index (χ1) is 11.0. The molecule has 0 amide bonds. The van der Waals surface area contributed by atoms with Gasteiger partial charge in [0.2, 0.25) is 0 Å². The topological polar surface area (TPSA) is 44.1 Å². The van der Waals surface area contributed by atoms with Crippen molar-refractivity contribution in [1.29, 1.82) is 0 Å². The van der Waals surface area contributed by atoms with Crippen LogP contribution in [0.15, 0.2) is 39.8 Å². The molecule has 0 spiro atoms. The van der Waals surface area contributed by atoms with E-state index in [1.54, 1.807) is 22.8 Å². The molecule has 0 bridgehead atoms. The highest BCUT2D eigenvalue weighted by Gasteiger charge is 2.20. The first kappa shape index (κ1) is 16.8. The molecule has 3 rings (SSSR count). The van der Waals surface area contributed by atoms with Gasteiger partial charge in [-0.05, 0) is 31.0 Å². The van der Waals surface area contributed by atoms with Crippen LogP contribution in [-0.4, -0.2) is 28.0 Å². The van der Waals surface area contributed by atoms with Crippen LogP contribution in [0.3, 0.4) is 0 Å². The summed E-state index contributed by atoms with van der Waals surface area (Å²) in [6.07, 6.45) is 2.03. The van der Waals surface area contributed by atoms with Crippen LogP contribution >= 0.6 is 35.0 Å². The van der Waals surface area contributed by atoms with Gasteiger partial charge in [0, 0.05) is 22.4 Å². The quantitative estimate of drug-likeness (QED) is 0.587. The summed E-state index contributed by atoms with van der Waals surface area (Å²) in [4.78, 5) is 17.4. The van der Waals surface area contributed by atoms with Crippen LogP contribution in [-0.2, 0) is 11.3 Å². The van der Waals surface area contributed by atoms with Gasteiger partial charge in [0.15, 0.2) is 5.16 Å². The van der Waals surface area contributed by atoms with E-state index in [2.05, 4.69) is 11.6 Å². The molecular formula is C16H16Cl2N2O2S. The van der Waals surface area contributed by atoms with E-state index in [0.717, 1.165) is 19.4 Å². The number of halogens is 2. The molecule has 23 heavy (non-hydrogen) atoms. The zero-order valence-electron chi connectivity index (χ0n) is 12.4. The molecule has 1 unspecified atom stereocenters. The molecule has 1 fully saturated rings. The van der Waals surface area contributed by atoms with Crippen molar-refractivity contribution in [1.82, 2.24) is 9.55 Å². The highest BCUT2D eigenvalue weighted by molar-refractivity contribution is 7.99. The minimum Gasteiger partial charge on any atom is -0.376 e. The van der Waals surface area contributed by atoms with Gasteiger partial charge in [0.05, 0.1) is 23.6 Å². The lowest BCUT2D eigenvalue weighted by atomic mass is 10.2. The molecule has 7 heteroatoms. The lowest BCUT2D eigenvalue weighted by Crippen LogP contribution is -2.28. The van der Waals surface area contributed by atoms with Gasteiger partial charge in [-0.3, -0.25) is 9.36 Å². The number of rotatable bonds is 5. The summed E-state index contributed by atoms with van der Waals surface area (Å²) in [5.41, 5.74) is 0.513. The third kappa shape index (κ3) is 3.91. The summed E-state index contributed by atoms with van der Waals surface area (Å²) in [5, 5.41) is 2.24. The second-order valence-corrected chi connectivity index (χ2v) is 7.33. The van der Waals surface area contributed by atoms with E-state index in [-0.39, 0.29) is 11.7 Å². The maximum absolute atomic E-state index is 12.8. The summed E-state index contributed by atoms with van der Waals surface area (Å²) in [7, 11) is 0. The highest BCUT2D eigenvalue weighted by atomic mass is 35.5. The Morgan fingerprint density at radius 2 is 2.35 bits per heavy atom. The third-order valence-electron chi connectivity index (χ3n) is 3.65. The fourth-order valence-corrected chi connectivity index (χ4v) is 3.67. The Morgan fingerprint density at radius 1 is 1.52 bits per heavy atom. The summed E-state index contributed by atoms with van der Waals surface area (Å²) in [6, 6.07) is 5.12. The molecule has 4 nitrogen and oxygen atoms in total. The van der Waals surface area contributed by atoms with Crippen LogP contribution in [0.2, 0.25) is 5.02 Å². The average molecular weight is 371 g/mol. The van der Waals surface area contributed by atoms with E-state index < -0.39 is 0 Å². The second kappa shape index (κ2) is 7.26. The lowest BCUT2D eigenvalue weighted by molar-refractivity contribution is 0.0937. The van der Waals surface area contributed by atoms with Crippen LogP contribution in [0.1, 0.15) is 12.8 Å². The van der Waals surface area contributed by atoms with Gasteiger partial charge in [-0.15, -0.1) is 0 Å². The number of hydrogen-bond acceptors (Lipinski definition) is 4. The van der Waals surface area contributed by atoms with Crippen LogP contribution in [0, 0.1) is 0 Å². The molecular weight excluding hydrogens is 355 g/mol. The smallest absolute Gasteiger partial charge is 0.262 e. The number of aromatic nitrogens is 2. The van der Waals surface area contributed by atoms with E-state index >= 15 is 0 Å². The Labute approximate surface area is 148 Å². The third-order valence-corrected chi connectivity index (χ3v) is 5.24. The fraction of sp³-hybridized carbons (Fsp3) is 0.375. The van der Waals surface area contributed by atoms with E-state index in [9.17, 15) is 4.79 Å². The summed E-state index contributed by atoms with van der Waals surface area (Å²) < 4.78 is 7.34. The molecule has 1 saturated heterocycles. The molecule has 2 heterocycles. The summed E-state index contributed by atoms with van der Waals surface area (Å²) in [6.45, 7) is 4.93. The van der Waals surface area contributed by atoms with E-state index in [0.29, 0.717) is 38.4 Å². The van der Waals surface area contributed by atoms with E-state index in [4.69, 9.17) is 27.9 Å². The van der Waals surface area contributed by atoms with Crippen molar-refractivity contribution in [3.8, 4) is 0 Å². The van der Waals surface area contributed by atoms with Crippen molar-refractivity contribution in [2.75, 3.05) is 12.4 Å². The first-order valence-electron chi connectivity index (χ1n) is 7.32. The molecule has 1 aromatic heterocycles. The van der Waals surface area contributed by atoms with Crippen LogP contribution in [0.5, 0.6) is 0 Å². The van der Waals surface area contributed by atoms with Crippen molar-refractivity contribution in [3.63, 3.8) is 0 Å². The molecule has 1 aliphatic rings. The summed E-state index contributed by atoms with van der Waals surface area (Å²) in [5.74, 6) is 0.492. The Kier molecular flexibility index (Phi) is 5.31. The van der Waals surface area contributed by atoms with Crippen molar-refractivity contribution >= 4 is 45.9 Å². The molecule has 0 saturated carbocycles. The van der Waals surface area contributed by atoms with E-state index in [1.807, 2.05) is 0 Å². The van der Waals surface area contributed by atoms with Crippen LogP contribution in [0.25, 0.3) is 10.9 Å². The monoisotopic (exact) mass is 370 g/mol. The number of thioether (sulfide) groups is 1. The zero-order valence-corrected chi connectivity index (χ0v) is 14.8. The van der Waals surface area contributed by atoms with Crippen molar-refractivity contribution in [3.05, 3.63) is 45.2 Å². The first-order valence-corrected chi connectivity index (χ1v) is 9.06. The lowest BCUT2D eigenvalue weighted by Gasteiger charge is -2.16. The highest BCUT2D eigenvalue weighted by Crippen LogP contribution is 2.24. The maximum Gasteiger partial charge on any atom is 0.262 e. The largest absolute Gasteiger partial charge is 0.376 e. The zero-order chi connectivity index (χ0) is 16.4. The Bertz CT molecular complexity index is 801. The number of hydrogen-bond donors (Lipinski definition) is 0.